The highest BCUT2D eigenvalue weighted by Crippen LogP contribution is 2.24. The number of carbonyl (C=O) groups is 4. The van der Waals surface area contributed by atoms with E-state index in [4.69, 9.17) is 0 Å². The zero-order valence-electron chi connectivity index (χ0n) is 16.4. The van der Waals surface area contributed by atoms with Crippen LogP contribution in [0.2, 0.25) is 0 Å². The molecule has 4 N–H and O–H groups in total. The number of aliphatic carboxylic acids is 2. The smallest absolute Gasteiger partial charge is 0.327 e. The van der Waals surface area contributed by atoms with Gasteiger partial charge in [-0.1, -0.05) is 56.2 Å². The first-order valence-electron chi connectivity index (χ1n) is 8.60. The van der Waals surface area contributed by atoms with Crippen molar-refractivity contribution in [3.05, 3.63) is 0 Å². The number of hydrogen-bond donors (Lipinski definition) is 4. The zero-order chi connectivity index (χ0) is 21.2. The van der Waals surface area contributed by atoms with Crippen molar-refractivity contribution in [2.75, 3.05) is 11.5 Å². The van der Waals surface area contributed by atoms with Crippen molar-refractivity contribution in [1.82, 2.24) is 10.6 Å². The number of carbonyl (C=O) groups excluding carboxylic acids is 2. The summed E-state index contributed by atoms with van der Waals surface area (Å²) in [6.45, 7) is 9.37. The van der Waals surface area contributed by atoms with Crippen molar-refractivity contribution in [3.8, 4) is 0 Å². The number of amides is 2. The monoisotopic (exact) mass is 422 g/mol. The van der Waals surface area contributed by atoms with Gasteiger partial charge in [-0.3, -0.25) is 9.59 Å². The fraction of sp³-hybridized carbons (Fsp3) is 0.765. The van der Waals surface area contributed by atoms with Crippen LogP contribution < -0.4 is 10.6 Å². The topological polar surface area (TPSA) is 133 Å². The summed E-state index contributed by atoms with van der Waals surface area (Å²) in [5.41, 5.74) is -0.252. The highest BCUT2D eigenvalue weighted by atomic mass is 33.1. The van der Waals surface area contributed by atoms with E-state index in [1.165, 1.54) is 0 Å². The summed E-state index contributed by atoms with van der Waals surface area (Å²) in [7, 11) is 2.29. The molecule has 0 aliphatic heterocycles. The maximum Gasteiger partial charge on any atom is 0.327 e. The van der Waals surface area contributed by atoms with Crippen LogP contribution in [0.4, 0.5) is 0 Å². The zero-order valence-corrected chi connectivity index (χ0v) is 18.0. The van der Waals surface area contributed by atoms with Gasteiger partial charge < -0.3 is 20.8 Å². The molecule has 0 aromatic rings. The number of carboxylic acid groups (broad SMARTS) is 2. The SMILES string of the molecule is CC(C)CC(=O)NC(CSSCC(NC(=O)CC(C)(C)C)C(=O)O)C(=O)O. The third kappa shape index (κ3) is 13.4. The molecular weight excluding hydrogens is 392 g/mol. The van der Waals surface area contributed by atoms with E-state index in [-0.39, 0.29) is 47.5 Å². The van der Waals surface area contributed by atoms with E-state index in [0.29, 0.717) is 0 Å². The Bertz CT molecular complexity index is 534. The number of hydrogen-bond acceptors (Lipinski definition) is 6. The molecule has 0 saturated heterocycles. The molecule has 0 spiro atoms. The third-order valence-electron chi connectivity index (χ3n) is 3.10. The van der Waals surface area contributed by atoms with Crippen LogP contribution in [0.15, 0.2) is 0 Å². The molecule has 27 heavy (non-hydrogen) atoms. The summed E-state index contributed by atoms with van der Waals surface area (Å²) >= 11 is 0. The normalized spacial score (nSPS) is 13.7. The summed E-state index contributed by atoms with van der Waals surface area (Å²) in [4.78, 5) is 46.2. The molecule has 0 aromatic carbocycles. The second-order valence-corrected chi connectivity index (χ2v) is 10.4. The number of carboxylic acids is 2. The Morgan fingerprint density at radius 1 is 0.852 bits per heavy atom. The minimum absolute atomic E-state index is 0.0855. The molecule has 0 aromatic heterocycles. The van der Waals surface area contributed by atoms with Gasteiger partial charge in [0.15, 0.2) is 0 Å². The van der Waals surface area contributed by atoms with E-state index in [1.54, 1.807) is 0 Å². The van der Waals surface area contributed by atoms with Crippen molar-refractivity contribution in [3.63, 3.8) is 0 Å². The average molecular weight is 423 g/mol. The highest BCUT2D eigenvalue weighted by Gasteiger charge is 2.24. The van der Waals surface area contributed by atoms with Crippen molar-refractivity contribution < 1.29 is 29.4 Å². The fourth-order valence-electron chi connectivity index (χ4n) is 1.93. The van der Waals surface area contributed by atoms with Crippen molar-refractivity contribution in [2.24, 2.45) is 11.3 Å². The first kappa shape index (κ1) is 25.6. The van der Waals surface area contributed by atoms with Gasteiger partial charge in [0.05, 0.1) is 0 Å². The molecule has 0 rings (SSSR count). The fourth-order valence-corrected chi connectivity index (χ4v) is 4.24. The van der Waals surface area contributed by atoms with Crippen molar-refractivity contribution in [2.45, 2.75) is 59.5 Å². The molecule has 2 unspecified atom stereocenters. The molecule has 156 valence electrons. The van der Waals surface area contributed by atoms with E-state index in [0.717, 1.165) is 21.6 Å². The van der Waals surface area contributed by atoms with Gasteiger partial charge >= 0.3 is 11.9 Å². The Balaban J connectivity index is 4.44. The second-order valence-electron chi connectivity index (χ2n) is 7.82. The first-order chi connectivity index (χ1) is 12.3. The lowest BCUT2D eigenvalue weighted by atomic mass is 9.92. The van der Waals surface area contributed by atoms with Crippen LogP contribution in [-0.4, -0.2) is 57.6 Å². The Labute approximate surface area is 168 Å². The Morgan fingerprint density at radius 2 is 1.26 bits per heavy atom. The van der Waals surface area contributed by atoms with Gasteiger partial charge in [-0.05, 0) is 11.3 Å². The van der Waals surface area contributed by atoms with Gasteiger partial charge in [-0.15, -0.1) is 0 Å². The average Bonchev–Trinajstić information content (AvgIpc) is 2.45. The largest absolute Gasteiger partial charge is 0.480 e. The number of nitrogens with one attached hydrogen (secondary N) is 2. The molecular formula is C17H30N2O6S2. The molecule has 0 fully saturated rings. The van der Waals surface area contributed by atoms with Crippen LogP contribution in [0, 0.1) is 11.3 Å². The maximum absolute atomic E-state index is 11.9. The minimum atomic E-state index is -1.15. The summed E-state index contributed by atoms with van der Waals surface area (Å²) in [5.74, 6) is -2.67. The molecule has 0 aliphatic carbocycles. The van der Waals surface area contributed by atoms with Gasteiger partial charge in [0.25, 0.3) is 0 Å². The van der Waals surface area contributed by atoms with Crippen LogP contribution in [0.5, 0.6) is 0 Å². The number of rotatable bonds is 12. The summed E-state index contributed by atoms with van der Waals surface area (Å²) in [6.07, 6.45) is 0.444. The van der Waals surface area contributed by atoms with E-state index in [2.05, 4.69) is 10.6 Å². The lowest BCUT2D eigenvalue weighted by molar-refractivity contribution is -0.141. The summed E-state index contributed by atoms with van der Waals surface area (Å²) in [6, 6.07) is -2.11. The molecule has 8 nitrogen and oxygen atoms in total. The lowest BCUT2D eigenvalue weighted by Gasteiger charge is -2.20. The van der Waals surface area contributed by atoms with E-state index in [9.17, 15) is 29.4 Å². The molecule has 0 heterocycles. The Hall–Kier alpha value is -1.42. The molecule has 10 heteroatoms. The van der Waals surface area contributed by atoms with Crippen molar-refractivity contribution >= 4 is 45.3 Å². The molecule has 0 aliphatic rings. The molecule has 2 atom stereocenters. The molecule has 0 radical (unpaired) electrons. The molecule has 2 amide bonds. The quantitative estimate of drug-likeness (QED) is 0.277. The lowest BCUT2D eigenvalue weighted by Crippen LogP contribution is -2.44. The van der Waals surface area contributed by atoms with E-state index in [1.807, 2.05) is 34.6 Å². The highest BCUT2D eigenvalue weighted by molar-refractivity contribution is 8.76. The third-order valence-corrected chi connectivity index (χ3v) is 5.53. The molecule has 0 bridgehead atoms. The van der Waals surface area contributed by atoms with Gasteiger partial charge in [-0.25, -0.2) is 9.59 Å². The van der Waals surface area contributed by atoms with Crippen LogP contribution >= 0.6 is 21.6 Å². The van der Waals surface area contributed by atoms with Crippen molar-refractivity contribution in [1.29, 1.82) is 0 Å². The van der Waals surface area contributed by atoms with Gasteiger partial charge in [0.1, 0.15) is 12.1 Å². The minimum Gasteiger partial charge on any atom is -0.480 e. The van der Waals surface area contributed by atoms with Gasteiger partial charge in [0, 0.05) is 24.3 Å². The Kier molecular flexibility index (Phi) is 11.5. The van der Waals surface area contributed by atoms with E-state index < -0.39 is 24.0 Å². The van der Waals surface area contributed by atoms with Crippen LogP contribution in [0.25, 0.3) is 0 Å². The standard InChI is InChI=1S/C17H30N2O6S2/c1-10(2)6-13(20)18-11(15(22)23)8-26-27-9-12(16(24)25)19-14(21)7-17(3,4)5/h10-12H,6-9H2,1-5H3,(H,18,20)(H,19,21)(H,22,23)(H,24,25). The summed E-state index contributed by atoms with van der Waals surface area (Å²) < 4.78 is 0. The predicted octanol–water partition coefficient (Wildman–Crippen LogP) is 1.99. The Morgan fingerprint density at radius 3 is 1.59 bits per heavy atom. The van der Waals surface area contributed by atoms with E-state index >= 15 is 0 Å². The molecule has 0 saturated carbocycles. The maximum atomic E-state index is 11.9. The first-order valence-corrected chi connectivity index (χ1v) is 11.1. The second kappa shape index (κ2) is 12.1. The van der Waals surface area contributed by atoms with Crippen LogP contribution in [-0.2, 0) is 19.2 Å². The van der Waals surface area contributed by atoms with Gasteiger partial charge in [0.2, 0.25) is 11.8 Å². The van der Waals surface area contributed by atoms with Gasteiger partial charge in [-0.2, -0.15) is 0 Å². The predicted molar refractivity (Wildman–Crippen MR) is 108 cm³/mol. The van der Waals surface area contributed by atoms with Crippen LogP contribution in [0.1, 0.15) is 47.5 Å². The van der Waals surface area contributed by atoms with Crippen LogP contribution in [0.3, 0.4) is 0 Å². The summed E-state index contributed by atoms with van der Waals surface area (Å²) in [5, 5.41) is 23.4.